The Morgan fingerprint density at radius 3 is 2.64 bits per heavy atom. The number of hydrogen-bond acceptors (Lipinski definition) is 3. The second kappa shape index (κ2) is 3.49. The first-order chi connectivity index (χ1) is 5.18. The normalized spacial score (nSPS) is 18.7. The number of thiocarbonyl (C=S) groups is 1. The molecule has 11 heavy (non-hydrogen) atoms. The summed E-state index contributed by atoms with van der Waals surface area (Å²) in [4.78, 5) is 11.0. The van der Waals surface area contributed by atoms with E-state index in [4.69, 9.17) is 12.2 Å². The molecule has 0 amide bonds. The van der Waals surface area contributed by atoms with Crippen LogP contribution in [0, 0.1) is 0 Å². The molecule has 0 bridgehead atoms. The van der Waals surface area contributed by atoms with Crippen molar-refractivity contribution in [2.75, 3.05) is 19.9 Å². The predicted octanol–water partition coefficient (Wildman–Crippen LogP) is -3.99. The lowest BCUT2D eigenvalue weighted by molar-refractivity contribution is -0.900. The van der Waals surface area contributed by atoms with E-state index in [2.05, 4.69) is 10.6 Å². The summed E-state index contributed by atoms with van der Waals surface area (Å²) in [5.74, 6) is -1.04. The highest BCUT2D eigenvalue weighted by Gasteiger charge is 2.13. The highest BCUT2D eigenvalue weighted by molar-refractivity contribution is 7.80. The monoisotopic (exact) mass is 175 g/mol. The Balaban J connectivity index is 2.28. The van der Waals surface area contributed by atoms with Crippen LogP contribution in [0.4, 0.5) is 0 Å². The third-order valence-corrected chi connectivity index (χ3v) is 1.68. The number of carbonyl (C=O) groups is 1. The van der Waals surface area contributed by atoms with Crippen molar-refractivity contribution in [1.82, 2.24) is 10.6 Å². The molecule has 1 fully saturated rings. The van der Waals surface area contributed by atoms with E-state index in [-0.39, 0.29) is 6.54 Å². The van der Waals surface area contributed by atoms with E-state index in [0.717, 1.165) is 4.90 Å². The molecule has 0 unspecified atom stereocenters. The molecule has 0 aliphatic carbocycles. The molecule has 6 heteroatoms. The van der Waals surface area contributed by atoms with Crippen LogP contribution >= 0.6 is 12.2 Å². The minimum Gasteiger partial charge on any atom is -0.544 e. The Bertz CT molecular complexity index is 175. The summed E-state index contributed by atoms with van der Waals surface area (Å²) < 4.78 is 0. The molecule has 0 aromatic carbocycles. The molecule has 0 radical (unpaired) electrons. The van der Waals surface area contributed by atoms with Crippen molar-refractivity contribution in [1.29, 1.82) is 0 Å². The predicted molar refractivity (Wildman–Crippen MR) is 39.4 cm³/mol. The minimum atomic E-state index is -1.04. The summed E-state index contributed by atoms with van der Waals surface area (Å²) in [6.07, 6.45) is 0. The summed E-state index contributed by atoms with van der Waals surface area (Å²) in [6.45, 7) is 1.09. The third-order valence-electron chi connectivity index (χ3n) is 1.39. The van der Waals surface area contributed by atoms with Gasteiger partial charge in [0.1, 0.15) is 6.54 Å². The second-order valence-corrected chi connectivity index (χ2v) is 2.74. The fraction of sp³-hybridized carbons (Fsp3) is 0.600. The Labute approximate surface area is 69.4 Å². The number of carbonyl (C=O) groups excluding carboxylic acids is 1. The molecule has 0 atom stereocenters. The van der Waals surface area contributed by atoms with Gasteiger partial charge in [-0.3, -0.25) is 4.90 Å². The van der Waals surface area contributed by atoms with Crippen molar-refractivity contribution in [2.24, 2.45) is 0 Å². The topological polar surface area (TPSA) is 68.6 Å². The molecule has 0 aromatic heterocycles. The molecular formula is C5H9N3O2S. The summed E-state index contributed by atoms with van der Waals surface area (Å²) in [7, 11) is 0. The molecule has 1 saturated heterocycles. The average molecular weight is 175 g/mol. The van der Waals surface area contributed by atoms with E-state index >= 15 is 0 Å². The summed E-state index contributed by atoms with van der Waals surface area (Å²) in [5.41, 5.74) is 0. The van der Waals surface area contributed by atoms with E-state index < -0.39 is 5.97 Å². The summed E-state index contributed by atoms with van der Waals surface area (Å²) in [6, 6.07) is 0. The molecule has 0 saturated carbocycles. The molecular weight excluding hydrogens is 166 g/mol. The second-order valence-electron chi connectivity index (χ2n) is 2.34. The van der Waals surface area contributed by atoms with Gasteiger partial charge in [0, 0.05) is 0 Å². The van der Waals surface area contributed by atoms with Gasteiger partial charge >= 0.3 is 0 Å². The van der Waals surface area contributed by atoms with E-state index in [1.807, 2.05) is 0 Å². The van der Waals surface area contributed by atoms with Crippen molar-refractivity contribution >= 4 is 23.3 Å². The van der Waals surface area contributed by atoms with Crippen LogP contribution in [-0.4, -0.2) is 31.0 Å². The van der Waals surface area contributed by atoms with Gasteiger partial charge in [-0.25, -0.2) is 0 Å². The smallest absolute Gasteiger partial charge is 0.174 e. The van der Waals surface area contributed by atoms with Gasteiger partial charge in [0.05, 0.1) is 5.97 Å². The van der Waals surface area contributed by atoms with Crippen LogP contribution in [0.2, 0.25) is 0 Å². The van der Waals surface area contributed by atoms with Gasteiger partial charge in [0.2, 0.25) is 0 Å². The van der Waals surface area contributed by atoms with Gasteiger partial charge in [0.25, 0.3) is 0 Å². The maximum Gasteiger partial charge on any atom is 0.174 e. The number of carboxylic acid groups (broad SMARTS) is 1. The maximum absolute atomic E-state index is 10.1. The maximum atomic E-state index is 10.1. The van der Waals surface area contributed by atoms with Crippen LogP contribution in [0.25, 0.3) is 0 Å². The largest absolute Gasteiger partial charge is 0.544 e. The van der Waals surface area contributed by atoms with Crippen LogP contribution in [0.5, 0.6) is 0 Å². The molecule has 62 valence electrons. The summed E-state index contributed by atoms with van der Waals surface area (Å²) >= 11 is 4.77. The van der Waals surface area contributed by atoms with Crippen LogP contribution in [0.15, 0.2) is 0 Å². The lowest BCUT2D eigenvalue weighted by atomic mass is 10.5. The number of quaternary nitrogens is 1. The van der Waals surface area contributed by atoms with E-state index in [9.17, 15) is 9.90 Å². The third kappa shape index (κ3) is 2.69. The van der Waals surface area contributed by atoms with Crippen molar-refractivity contribution in [2.45, 2.75) is 0 Å². The van der Waals surface area contributed by atoms with Crippen LogP contribution in [0.3, 0.4) is 0 Å². The number of aliphatic carboxylic acids is 1. The van der Waals surface area contributed by atoms with Crippen molar-refractivity contribution in [3.05, 3.63) is 0 Å². The standard InChI is InChI=1S/C5H9N3O2S/c9-4(10)1-8-2-6-5(11)7-3-8/h1-3H2,(H,9,10)(H2,6,7,11). The highest BCUT2D eigenvalue weighted by atomic mass is 32.1. The molecule has 1 aliphatic rings. The molecule has 5 nitrogen and oxygen atoms in total. The molecule has 1 rings (SSSR count). The van der Waals surface area contributed by atoms with E-state index in [0.29, 0.717) is 18.4 Å². The first-order valence-corrected chi connectivity index (χ1v) is 3.64. The van der Waals surface area contributed by atoms with Gasteiger partial charge in [0.15, 0.2) is 18.4 Å². The minimum absolute atomic E-state index is 0.00259. The average Bonchev–Trinajstić information content (AvgIpc) is 1.93. The van der Waals surface area contributed by atoms with Crippen molar-refractivity contribution in [3.63, 3.8) is 0 Å². The molecule has 0 aromatic rings. The lowest BCUT2D eigenvalue weighted by Crippen LogP contribution is -3.18. The first kappa shape index (κ1) is 8.22. The molecule has 0 spiro atoms. The fourth-order valence-corrected chi connectivity index (χ4v) is 1.01. The molecule has 3 N–H and O–H groups in total. The van der Waals surface area contributed by atoms with Crippen molar-refractivity contribution in [3.8, 4) is 0 Å². The SMILES string of the molecule is O=C([O-])C[NH+]1CNC(=S)NC1. The number of rotatable bonds is 2. The Morgan fingerprint density at radius 1 is 1.64 bits per heavy atom. The molecule has 1 aliphatic heterocycles. The first-order valence-electron chi connectivity index (χ1n) is 3.23. The zero-order valence-electron chi connectivity index (χ0n) is 5.85. The van der Waals surface area contributed by atoms with Crippen LogP contribution in [-0.2, 0) is 4.79 Å². The van der Waals surface area contributed by atoms with E-state index in [1.165, 1.54) is 0 Å². The quantitative estimate of drug-likeness (QED) is 0.373. The Kier molecular flexibility index (Phi) is 2.61. The van der Waals surface area contributed by atoms with Gasteiger partial charge in [-0.15, -0.1) is 0 Å². The summed E-state index contributed by atoms with van der Waals surface area (Å²) in [5, 5.41) is 16.4. The van der Waals surface area contributed by atoms with Gasteiger partial charge in [-0.05, 0) is 12.2 Å². The number of nitrogens with one attached hydrogen (secondary N) is 3. The van der Waals surface area contributed by atoms with Gasteiger partial charge in [-0.1, -0.05) is 0 Å². The fourth-order valence-electron chi connectivity index (χ4n) is 0.865. The van der Waals surface area contributed by atoms with E-state index in [1.54, 1.807) is 0 Å². The Morgan fingerprint density at radius 2 is 2.18 bits per heavy atom. The van der Waals surface area contributed by atoms with Gasteiger partial charge in [-0.2, -0.15) is 0 Å². The lowest BCUT2D eigenvalue weighted by Gasteiger charge is -2.26. The zero-order chi connectivity index (χ0) is 8.27. The highest BCUT2D eigenvalue weighted by Crippen LogP contribution is 1.64. The Hall–Kier alpha value is -0.880. The molecule has 1 heterocycles. The zero-order valence-corrected chi connectivity index (χ0v) is 6.66. The van der Waals surface area contributed by atoms with Crippen LogP contribution < -0.4 is 20.6 Å². The van der Waals surface area contributed by atoms with Crippen molar-refractivity contribution < 1.29 is 14.8 Å². The van der Waals surface area contributed by atoms with Crippen LogP contribution in [0.1, 0.15) is 0 Å². The van der Waals surface area contributed by atoms with Gasteiger partial charge < -0.3 is 20.5 Å². The number of hydrogen-bond donors (Lipinski definition) is 3. The number of carboxylic acids is 1.